The summed E-state index contributed by atoms with van der Waals surface area (Å²) in [5.41, 5.74) is 3.22. The van der Waals surface area contributed by atoms with Crippen molar-refractivity contribution in [3.63, 3.8) is 0 Å². The van der Waals surface area contributed by atoms with Crippen molar-refractivity contribution in [2.24, 2.45) is 0 Å². The predicted molar refractivity (Wildman–Crippen MR) is 104 cm³/mol. The third-order valence-electron chi connectivity index (χ3n) is 4.08. The maximum absolute atomic E-state index is 13.1. The number of carbonyl (C=O) groups excluding carboxylic acids is 1. The van der Waals surface area contributed by atoms with Crippen LogP contribution >= 0.6 is 11.6 Å². The minimum absolute atomic E-state index is 0.0975. The molecule has 2 aromatic rings. The second kappa shape index (κ2) is 8.37. The molecule has 134 valence electrons. The molecule has 0 heterocycles. The molecule has 0 N–H and O–H groups in total. The van der Waals surface area contributed by atoms with Gasteiger partial charge in [0.25, 0.3) is 5.91 Å². The van der Waals surface area contributed by atoms with Gasteiger partial charge < -0.3 is 14.5 Å². The van der Waals surface area contributed by atoms with E-state index in [2.05, 4.69) is 0 Å². The second-order valence-corrected chi connectivity index (χ2v) is 6.80. The Kier molecular flexibility index (Phi) is 6.45. The van der Waals surface area contributed by atoms with Gasteiger partial charge in [0.2, 0.25) is 0 Å². The van der Waals surface area contributed by atoms with Gasteiger partial charge in [-0.25, -0.2) is 0 Å². The van der Waals surface area contributed by atoms with Crippen LogP contribution in [0.5, 0.6) is 5.75 Å². The molecular formula is C20H25ClN2O2. The van der Waals surface area contributed by atoms with E-state index in [0.717, 1.165) is 23.4 Å². The number of amides is 1. The van der Waals surface area contributed by atoms with Gasteiger partial charge in [-0.15, -0.1) is 0 Å². The van der Waals surface area contributed by atoms with E-state index in [4.69, 9.17) is 16.3 Å². The Labute approximate surface area is 155 Å². The molecule has 0 bridgehead atoms. The molecule has 0 saturated carbocycles. The van der Waals surface area contributed by atoms with Crippen molar-refractivity contribution in [2.75, 3.05) is 39.2 Å². The van der Waals surface area contributed by atoms with Crippen molar-refractivity contribution in [1.29, 1.82) is 0 Å². The lowest BCUT2D eigenvalue weighted by molar-refractivity contribution is 0.0988. The number of carbonyl (C=O) groups is 1. The summed E-state index contributed by atoms with van der Waals surface area (Å²) in [4.78, 5) is 16.8. The van der Waals surface area contributed by atoms with Gasteiger partial charge in [-0.1, -0.05) is 23.7 Å². The number of hydrogen-bond acceptors (Lipinski definition) is 3. The molecule has 0 atom stereocenters. The normalized spacial score (nSPS) is 10.8. The number of benzene rings is 2. The second-order valence-electron chi connectivity index (χ2n) is 6.40. The molecule has 0 fully saturated rings. The van der Waals surface area contributed by atoms with Crippen molar-refractivity contribution in [1.82, 2.24) is 4.90 Å². The van der Waals surface area contributed by atoms with E-state index < -0.39 is 0 Å². The SMILES string of the molecule is Cc1cc(N(C)C(=O)c2c(C)cccc2OCCN(C)C)ccc1Cl. The first-order valence-electron chi connectivity index (χ1n) is 8.22. The van der Waals surface area contributed by atoms with Gasteiger partial charge in [0, 0.05) is 24.3 Å². The lowest BCUT2D eigenvalue weighted by Gasteiger charge is -2.21. The minimum Gasteiger partial charge on any atom is -0.491 e. The molecule has 0 aliphatic rings. The summed E-state index contributed by atoms with van der Waals surface area (Å²) in [7, 11) is 5.74. The van der Waals surface area contributed by atoms with Crippen LogP contribution in [-0.4, -0.2) is 45.1 Å². The van der Waals surface area contributed by atoms with Gasteiger partial charge in [-0.05, 0) is 63.3 Å². The standard InChI is InChI=1S/C20H25ClN2O2/c1-14-7-6-8-18(25-12-11-22(3)4)19(14)20(24)23(5)16-9-10-17(21)15(2)13-16/h6-10,13H,11-12H2,1-5H3. The highest BCUT2D eigenvalue weighted by molar-refractivity contribution is 6.31. The molecule has 0 aliphatic heterocycles. The lowest BCUT2D eigenvalue weighted by Crippen LogP contribution is -2.28. The highest BCUT2D eigenvalue weighted by Gasteiger charge is 2.20. The van der Waals surface area contributed by atoms with E-state index in [9.17, 15) is 4.79 Å². The van der Waals surface area contributed by atoms with Gasteiger partial charge in [-0.3, -0.25) is 4.79 Å². The third-order valence-corrected chi connectivity index (χ3v) is 4.50. The fourth-order valence-electron chi connectivity index (χ4n) is 2.50. The van der Waals surface area contributed by atoms with E-state index >= 15 is 0 Å². The fourth-order valence-corrected chi connectivity index (χ4v) is 2.61. The minimum atomic E-state index is -0.0975. The summed E-state index contributed by atoms with van der Waals surface area (Å²) in [6, 6.07) is 11.2. The summed E-state index contributed by atoms with van der Waals surface area (Å²) in [5, 5.41) is 0.688. The summed E-state index contributed by atoms with van der Waals surface area (Å²) in [6.07, 6.45) is 0. The van der Waals surface area contributed by atoms with Crippen LogP contribution in [0.1, 0.15) is 21.5 Å². The zero-order chi connectivity index (χ0) is 18.6. The molecule has 0 spiro atoms. The summed E-state index contributed by atoms with van der Waals surface area (Å²) in [6.45, 7) is 5.16. The van der Waals surface area contributed by atoms with Crippen LogP contribution in [0.4, 0.5) is 5.69 Å². The van der Waals surface area contributed by atoms with E-state index in [1.165, 1.54) is 0 Å². The molecule has 0 aromatic heterocycles. The van der Waals surface area contributed by atoms with Crippen LogP contribution in [0.3, 0.4) is 0 Å². The Hall–Kier alpha value is -2.04. The smallest absolute Gasteiger partial charge is 0.262 e. The molecular weight excluding hydrogens is 336 g/mol. The zero-order valence-electron chi connectivity index (χ0n) is 15.5. The topological polar surface area (TPSA) is 32.8 Å². The number of anilines is 1. The zero-order valence-corrected chi connectivity index (χ0v) is 16.2. The first-order chi connectivity index (χ1) is 11.8. The van der Waals surface area contributed by atoms with E-state index in [1.54, 1.807) is 11.9 Å². The van der Waals surface area contributed by atoms with Crippen LogP contribution in [0, 0.1) is 13.8 Å². The lowest BCUT2D eigenvalue weighted by atomic mass is 10.1. The summed E-state index contributed by atoms with van der Waals surface area (Å²) < 4.78 is 5.87. The van der Waals surface area contributed by atoms with Crippen LogP contribution in [0.15, 0.2) is 36.4 Å². The van der Waals surface area contributed by atoms with Crippen molar-refractivity contribution < 1.29 is 9.53 Å². The Morgan fingerprint density at radius 3 is 2.44 bits per heavy atom. The maximum Gasteiger partial charge on any atom is 0.262 e. The molecule has 0 saturated heterocycles. The number of rotatable bonds is 6. The Morgan fingerprint density at radius 1 is 1.08 bits per heavy atom. The van der Waals surface area contributed by atoms with Gasteiger partial charge in [0.1, 0.15) is 12.4 Å². The number of nitrogens with zero attached hydrogens (tertiary/aromatic N) is 2. The Bertz CT molecular complexity index is 759. The quantitative estimate of drug-likeness (QED) is 0.775. The van der Waals surface area contributed by atoms with Crippen molar-refractivity contribution in [3.8, 4) is 5.75 Å². The van der Waals surface area contributed by atoms with Crippen molar-refractivity contribution in [2.45, 2.75) is 13.8 Å². The van der Waals surface area contributed by atoms with Crippen molar-refractivity contribution in [3.05, 3.63) is 58.1 Å². The van der Waals surface area contributed by atoms with Crippen LogP contribution in [0.2, 0.25) is 5.02 Å². The molecule has 2 aromatic carbocycles. The summed E-state index contributed by atoms with van der Waals surface area (Å²) >= 11 is 6.09. The molecule has 0 unspecified atom stereocenters. The number of ether oxygens (including phenoxy) is 1. The van der Waals surface area contributed by atoms with Gasteiger partial charge in [0.05, 0.1) is 5.56 Å². The molecule has 0 radical (unpaired) electrons. The average molecular weight is 361 g/mol. The molecule has 2 rings (SSSR count). The highest BCUT2D eigenvalue weighted by Crippen LogP contribution is 2.27. The van der Waals surface area contributed by atoms with E-state index in [0.29, 0.717) is 22.9 Å². The van der Waals surface area contributed by atoms with Crippen LogP contribution < -0.4 is 9.64 Å². The molecule has 4 nitrogen and oxygen atoms in total. The maximum atomic E-state index is 13.1. The van der Waals surface area contributed by atoms with E-state index in [-0.39, 0.29) is 5.91 Å². The van der Waals surface area contributed by atoms with Gasteiger partial charge >= 0.3 is 0 Å². The van der Waals surface area contributed by atoms with Gasteiger partial charge in [0.15, 0.2) is 0 Å². The monoisotopic (exact) mass is 360 g/mol. The van der Waals surface area contributed by atoms with E-state index in [1.807, 2.05) is 69.2 Å². The first kappa shape index (κ1) is 19.3. The number of aryl methyl sites for hydroxylation is 2. The first-order valence-corrected chi connectivity index (χ1v) is 8.60. The van der Waals surface area contributed by atoms with Crippen LogP contribution in [-0.2, 0) is 0 Å². The predicted octanol–water partition coefficient (Wildman–Crippen LogP) is 4.17. The molecule has 25 heavy (non-hydrogen) atoms. The highest BCUT2D eigenvalue weighted by atomic mass is 35.5. The van der Waals surface area contributed by atoms with Crippen molar-refractivity contribution >= 4 is 23.2 Å². The fraction of sp³-hybridized carbons (Fsp3) is 0.350. The molecule has 5 heteroatoms. The number of hydrogen-bond donors (Lipinski definition) is 0. The number of likely N-dealkylation sites (N-methyl/N-ethyl adjacent to an activating group) is 1. The van der Waals surface area contributed by atoms with Crippen LogP contribution in [0.25, 0.3) is 0 Å². The molecule has 0 aliphatic carbocycles. The Balaban J connectivity index is 2.29. The summed E-state index contributed by atoms with van der Waals surface area (Å²) in [5.74, 6) is 0.518. The number of halogens is 1. The van der Waals surface area contributed by atoms with Gasteiger partial charge in [-0.2, -0.15) is 0 Å². The average Bonchev–Trinajstić information content (AvgIpc) is 2.56. The molecule has 1 amide bonds. The Morgan fingerprint density at radius 2 is 1.80 bits per heavy atom. The largest absolute Gasteiger partial charge is 0.491 e. The third kappa shape index (κ3) is 4.74.